The fraction of sp³-hybridized carbons (Fsp3) is 0.571. The Hall–Kier alpha value is -0.730. The molecule has 1 aliphatic rings. The number of nitrogens with one attached hydrogen (secondary N) is 1. The summed E-state index contributed by atoms with van der Waals surface area (Å²) in [6, 6.07) is 4.07. The van der Waals surface area contributed by atoms with E-state index in [1.165, 1.54) is 6.42 Å². The first-order valence-electron chi connectivity index (χ1n) is 6.31. The van der Waals surface area contributed by atoms with E-state index in [1.54, 1.807) is 0 Å². The van der Waals surface area contributed by atoms with Crippen molar-refractivity contribution in [2.75, 3.05) is 13.1 Å². The van der Waals surface area contributed by atoms with Crippen LogP contribution in [0.4, 0.5) is 0 Å². The van der Waals surface area contributed by atoms with Gasteiger partial charge in [0.2, 0.25) is 0 Å². The third kappa shape index (κ3) is 3.36. The average molecular weight is 254 g/mol. The minimum atomic E-state index is 0.338. The number of hydrogen-bond acceptors (Lipinski definition) is 2. The molecular formula is C14H20ClNO. The minimum Gasteiger partial charge on any atom is -0.490 e. The standard InChI is InChI=1S/C14H20ClNO/c1-10-8-13(9-11(2)14(10)15)17-12-4-3-6-16-7-5-12/h8-9,12,16H,3-7H2,1-2H3. The van der Waals surface area contributed by atoms with Crippen LogP contribution in [0.3, 0.4) is 0 Å². The summed E-state index contributed by atoms with van der Waals surface area (Å²) in [7, 11) is 0. The predicted molar refractivity (Wildman–Crippen MR) is 72.1 cm³/mol. The van der Waals surface area contributed by atoms with Crippen LogP contribution in [0.25, 0.3) is 0 Å². The summed E-state index contributed by atoms with van der Waals surface area (Å²) >= 11 is 6.15. The zero-order valence-electron chi connectivity index (χ0n) is 10.6. The fourth-order valence-electron chi connectivity index (χ4n) is 2.27. The molecule has 1 saturated heterocycles. The molecule has 1 N–H and O–H groups in total. The van der Waals surface area contributed by atoms with E-state index in [4.69, 9.17) is 16.3 Å². The van der Waals surface area contributed by atoms with Crippen LogP contribution in [0, 0.1) is 13.8 Å². The molecule has 94 valence electrons. The molecule has 0 radical (unpaired) electrons. The number of benzene rings is 1. The Morgan fingerprint density at radius 3 is 2.59 bits per heavy atom. The Kier molecular flexibility index (Phi) is 4.30. The van der Waals surface area contributed by atoms with Crippen LogP contribution in [0.2, 0.25) is 5.02 Å². The smallest absolute Gasteiger partial charge is 0.120 e. The van der Waals surface area contributed by atoms with Crippen molar-refractivity contribution in [3.8, 4) is 5.75 Å². The lowest BCUT2D eigenvalue weighted by Crippen LogP contribution is -2.19. The highest BCUT2D eigenvalue weighted by Gasteiger charge is 2.14. The minimum absolute atomic E-state index is 0.338. The van der Waals surface area contributed by atoms with Crippen molar-refractivity contribution < 1.29 is 4.74 Å². The molecule has 1 unspecified atom stereocenters. The van der Waals surface area contributed by atoms with Crippen LogP contribution in [-0.4, -0.2) is 19.2 Å². The highest BCUT2D eigenvalue weighted by atomic mass is 35.5. The molecule has 1 aromatic carbocycles. The second-order valence-corrected chi connectivity index (χ2v) is 5.17. The topological polar surface area (TPSA) is 21.3 Å². The first-order chi connectivity index (χ1) is 8.16. The Morgan fingerprint density at radius 1 is 1.18 bits per heavy atom. The lowest BCUT2D eigenvalue weighted by atomic mass is 10.1. The van der Waals surface area contributed by atoms with Gasteiger partial charge in [0, 0.05) is 5.02 Å². The average Bonchev–Trinajstić information content (AvgIpc) is 2.54. The first-order valence-corrected chi connectivity index (χ1v) is 6.69. The summed E-state index contributed by atoms with van der Waals surface area (Å²) in [4.78, 5) is 0. The number of rotatable bonds is 2. The molecular weight excluding hydrogens is 234 g/mol. The fourth-order valence-corrected chi connectivity index (χ4v) is 2.38. The highest BCUT2D eigenvalue weighted by Crippen LogP contribution is 2.27. The molecule has 1 fully saturated rings. The van der Waals surface area contributed by atoms with Gasteiger partial charge < -0.3 is 10.1 Å². The van der Waals surface area contributed by atoms with Gasteiger partial charge in [-0.25, -0.2) is 0 Å². The van der Waals surface area contributed by atoms with E-state index in [9.17, 15) is 0 Å². The van der Waals surface area contributed by atoms with Crippen molar-refractivity contribution in [3.05, 3.63) is 28.3 Å². The Morgan fingerprint density at radius 2 is 1.88 bits per heavy atom. The number of hydrogen-bond donors (Lipinski definition) is 1. The maximum absolute atomic E-state index is 6.15. The van der Waals surface area contributed by atoms with Gasteiger partial charge in [-0.15, -0.1) is 0 Å². The van der Waals surface area contributed by atoms with E-state index < -0.39 is 0 Å². The van der Waals surface area contributed by atoms with Crippen LogP contribution in [0.1, 0.15) is 30.4 Å². The van der Waals surface area contributed by atoms with E-state index in [1.807, 2.05) is 26.0 Å². The van der Waals surface area contributed by atoms with Gasteiger partial charge in [-0.3, -0.25) is 0 Å². The Labute approximate surface area is 108 Å². The Bertz CT molecular complexity index is 361. The molecule has 2 rings (SSSR count). The molecule has 1 atom stereocenters. The van der Waals surface area contributed by atoms with Crippen molar-refractivity contribution in [1.29, 1.82) is 0 Å². The first kappa shape index (κ1) is 12.7. The summed E-state index contributed by atoms with van der Waals surface area (Å²) < 4.78 is 6.05. The van der Waals surface area contributed by atoms with Gasteiger partial charge in [0.25, 0.3) is 0 Å². The predicted octanol–water partition coefficient (Wildman–Crippen LogP) is 3.48. The van der Waals surface area contributed by atoms with Crippen molar-refractivity contribution in [3.63, 3.8) is 0 Å². The lowest BCUT2D eigenvalue weighted by Gasteiger charge is -2.18. The molecule has 0 spiro atoms. The molecule has 1 aliphatic heterocycles. The molecule has 0 aliphatic carbocycles. The molecule has 2 nitrogen and oxygen atoms in total. The molecule has 0 bridgehead atoms. The maximum Gasteiger partial charge on any atom is 0.120 e. The van der Waals surface area contributed by atoms with E-state index in [2.05, 4.69) is 5.32 Å². The monoisotopic (exact) mass is 253 g/mol. The lowest BCUT2D eigenvalue weighted by molar-refractivity contribution is 0.187. The van der Waals surface area contributed by atoms with Crippen LogP contribution < -0.4 is 10.1 Å². The summed E-state index contributed by atoms with van der Waals surface area (Å²) in [6.45, 7) is 6.21. The van der Waals surface area contributed by atoms with Crippen LogP contribution in [-0.2, 0) is 0 Å². The van der Waals surface area contributed by atoms with Crippen molar-refractivity contribution in [2.45, 2.75) is 39.2 Å². The molecule has 1 heterocycles. The molecule has 1 aromatic rings. The van der Waals surface area contributed by atoms with Gasteiger partial charge in [0.15, 0.2) is 0 Å². The van der Waals surface area contributed by atoms with Crippen molar-refractivity contribution in [2.24, 2.45) is 0 Å². The van der Waals surface area contributed by atoms with Crippen molar-refractivity contribution in [1.82, 2.24) is 5.32 Å². The molecule has 17 heavy (non-hydrogen) atoms. The summed E-state index contributed by atoms with van der Waals surface area (Å²) in [5.41, 5.74) is 2.18. The van der Waals surface area contributed by atoms with Gasteiger partial charge >= 0.3 is 0 Å². The maximum atomic E-state index is 6.15. The van der Waals surface area contributed by atoms with E-state index >= 15 is 0 Å². The van der Waals surface area contributed by atoms with E-state index in [0.717, 1.165) is 47.8 Å². The van der Waals surface area contributed by atoms with Crippen LogP contribution >= 0.6 is 11.6 Å². The summed E-state index contributed by atoms with van der Waals surface area (Å²) in [6.07, 6.45) is 3.75. The quantitative estimate of drug-likeness (QED) is 0.871. The number of aryl methyl sites for hydroxylation is 2. The van der Waals surface area contributed by atoms with Gasteiger partial charge in [-0.05, 0) is 69.5 Å². The normalized spacial score (nSPS) is 21.0. The molecule has 0 aromatic heterocycles. The zero-order valence-corrected chi connectivity index (χ0v) is 11.3. The van der Waals surface area contributed by atoms with Crippen LogP contribution in [0.15, 0.2) is 12.1 Å². The molecule has 3 heteroatoms. The molecule has 0 saturated carbocycles. The third-order valence-corrected chi connectivity index (χ3v) is 3.83. The summed E-state index contributed by atoms with van der Waals surface area (Å²) in [5.74, 6) is 0.955. The highest BCUT2D eigenvalue weighted by molar-refractivity contribution is 6.32. The van der Waals surface area contributed by atoms with Gasteiger partial charge in [-0.2, -0.15) is 0 Å². The second kappa shape index (κ2) is 5.74. The zero-order chi connectivity index (χ0) is 12.3. The second-order valence-electron chi connectivity index (χ2n) is 4.79. The van der Waals surface area contributed by atoms with Gasteiger partial charge in [0.05, 0.1) is 6.10 Å². The van der Waals surface area contributed by atoms with E-state index in [0.29, 0.717) is 6.10 Å². The van der Waals surface area contributed by atoms with Gasteiger partial charge in [0.1, 0.15) is 5.75 Å². The third-order valence-electron chi connectivity index (χ3n) is 3.24. The van der Waals surface area contributed by atoms with Crippen LogP contribution in [0.5, 0.6) is 5.75 Å². The SMILES string of the molecule is Cc1cc(OC2CCCNCC2)cc(C)c1Cl. The largest absolute Gasteiger partial charge is 0.490 e. The number of ether oxygens (including phenoxy) is 1. The summed E-state index contributed by atoms with van der Waals surface area (Å²) in [5, 5.41) is 4.24. The van der Waals surface area contributed by atoms with E-state index in [-0.39, 0.29) is 0 Å². The van der Waals surface area contributed by atoms with Crippen molar-refractivity contribution >= 4 is 11.6 Å². The molecule has 0 amide bonds. The Balaban J connectivity index is 2.07. The van der Waals surface area contributed by atoms with Gasteiger partial charge in [-0.1, -0.05) is 11.6 Å². The number of halogens is 1.